The van der Waals surface area contributed by atoms with Crippen LogP contribution in [-0.4, -0.2) is 11.9 Å². The van der Waals surface area contributed by atoms with E-state index in [2.05, 4.69) is 5.32 Å². The summed E-state index contributed by atoms with van der Waals surface area (Å²) >= 11 is 6.01. The number of fused-ring (bicyclic) bond motifs is 1. The van der Waals surface area contributed by atoms with Crippen molar-refractivity contribution >= 4 is 34.4 Å². The second kappa shape index (κ2) is 8.85. The summed E-state index contributed by atoms with van der Waals surface area (Å²) < 4.78 is 10.6. The fraction of sp³-hybridized carbons (Fsp3) is 0.0417. The summed E-state index contributed by atoms with van der Waals surface area (Å²) in [4.78, 5) is 37.1. The highest BCUT2D eigenvalue weighted by Gasteiger charge is 2.16. The van der Waals surface area contributed by atoms with E-state index in [-0.39, 0.29) is 34.0 Å². The van der Waals surface area contributed by atoms with Crippen LogP contribution in [0.3, 0.4) is 0 Å². The molecule has 0 spiro atoms. The molecular formula is C24H16ClNO5. The Hall–Kier alpha value is -3.90. The normalized spacial score (nSPS) is 10.6. The Bertz CT molecular complexity index is 1330. The van der Waals surface area contributed by atoms with Gasteiger partial charge in [0.15, 0.2) is 0 Å². The van der Waals surface area contributed by atoms with Crippen molar-refractivity contribution in [2.75, 3.05) is 0 Å². The van der Waals surface area contributed by atoms with Gasteiger partial charge >= 0.3 is 11.6 Å². The highest BCUT2D eigenvalue weighted by atomic mass is 35.5. The van der Waals surface area contributed by atoms with Gasteiger partial charge in [0.05, 0.1) is 10.6 Å². The number of rotatable bonds is 5. The van der Waals surface area contributed by atoms with Crippen LogP contribution in [0.2, 0.25) is 5.02 Å². The molecule has 1 aromatic heterocycles. The van der Waals surface area contributed by atoms with E-state index in [0.717, 1.165) is 5.56 Å². The van der Waals surface area contributed by atoms with Crippen LogP contribution in [0.25, 0.3) is 11.0 Å². The van der Waals surface area contributed by atoms with Crippen LogP contribution in [0, 0.1) is 0 Å². The maximum atomic E-state index is 12.4. The van der Waals surface area contributed by atoms with Gasteiger partial charge in [-0.25, -0.2) is 9.59 Å². The number of nitrogens with one attached hydrogen (secondary N) is 1. The van der Waals surface area contributed by atoms with Crippen molar-refractivity contribution in [2.24, 2.45) is 0 Å². The van der Waals surface area contributed by atoms with Gasteiger partial charge < -0.3 is 14.5 Å². The predicted octanol–water partition coefficient (Wildman–Crippen LogP) is 4.60. The maximum Gasteiger partial charge on any atom is 0.349 e. The Morgan fingerprint density at radius 2 is 1.65 bits per heavy atom. The summed E-state index contributed by atoms with van der Waals surface area (Å²) in [6, 6.07) is 21.9. The van der Waals surface area contributed by atoms with Crippen LogP contribution < -0.4 is 15.7 Å². The molecule has 1 heterocycles. The minimum absolute atomic E-state index is 0.107. The monoisotopic (exact) mass is 433 g/mol. The second-order valence-corrected chi connectivity index (χ2v) is 7.09. The number of ether oxygens (including phenoxy) is 1. The standard InChI is InChI=1S/C24H16ClNO5/c25-20-9-5-4-8-18(20)23(28)30-17-11-10-16-12-19(24(29)31-21(16)13-17)22(27)26-14-15-6-2-1-3-7-15/h1-13H,14H2,(H,26,27). The average molecular weight is 434 g/mol. The zero-order valence-electron chi connectivity index (χ0n) is 16.1. The van der Waals surface area contributed by atoms with E-state index in [0.29, 0.717) is 5.39 Å². The van der Waals surface area contributed by atoms with E-state index >= 15 is 0 Å². The molecule has 4 aromatic rings. The van der Waals surface area contributed by atoms with Crippen molar-refractivity contribution in [1.29, 1.82) is 0 Å². The van der Waals surface area contributed by atoms with Gasteiger partial charge in [0, 0.05) is 18.0 Å². The van der Waals surface area contributed by atoms with E-state index in [9.17, 15) is 14.4 Å². The van der Waals surface area contributed by atoms with Gasteiger partial charge in [-0.15, -0.1) is 0 Å². The summed E-state index contributed by atoms with van der Waals surface area (Å²) in [6.45, 7) is 0.286. The lowest BCUT2D eigenvalue weighted by atomic mass is 10.1. The van der Waals surface area contributed by atoms with E-state index in [1.165, 1.54) is 12.1 Å². The lowest BCUT2D eigenvalue weighted by Gasteiger charge is -2.08. The summed E-state index contributed by atoms with van der Waals surface area (Å²) in [6.07, 6.45) is 0. The number of halogens is 1. The molecule has 0 saturated carbocycles. The maximum absolute atomic E-state index is 12.4. The molecule has 0 aliphatic rings. The lowest BCUT2D eigenvalue weighted by Crippen LogP contribution is -2.27. The minimum Gasteiger partial charge on any atom is -0.423 e. The first-order valence-corrected chi connectivity index (χ1v) is 9.76. The molecule has 0 saturated heterocycles. The predicted molar refractivity (Wildman–Crippen MR) is 117 cm³/mol. The van der Waals surface area contributed by atoms with Gasteiger partial charge in [-0.3, -0.25) is 4.79 Å². The first kappa shape index (κ1) is 20.4. The van der Waals surface area contributed by atoms with Gasteiger partial charge in [-0.05, 0) is 35.9 Å². The van der Waals surface area contributed by atoms with Crippen LogP contribution in [-0.2, 0) is 6.54 Å². The molecule has 4 rings (SSSR count). The molecule has 31 heavy (non-hydrogen) atoms. The summed E-state index contributed by atoms with van der Waals surface area (Å²) in [7, 11) is 0. The van der Waals surface area contributed by atoms with Gasteiger partial charge in [0.25, 0.3) is 5.91 Å². The third-order valence-electron chi connectivity index (χ3n) is 4.55. The van der Waals surface area contributed by atoms with E-state index in [1.807, 2.05) is 30.3 Å². The number of amides is 1. The minimum atomic E-state index is -0.785. The molecule has 7 heteroatoms. The van der Waals surface area contributed by atoms with Crippen LogP contribution in [0.4, 0.5) is 0 Å². The van der Waals surface area contributed by atoms with E-state index in [1.54, 1.807) is 36.4 Å². The molecule has 3 aromatic carbocycles. The highest BCUT2D eigenvalue weighted by molar-refractivity contribution is 6.33. The van der Waals surface area contributed by atoms with Crippen molar-refractivity contribution in [3.8, 4) is 5.75 Å². The van der Waals surface area contributed by atoms with Crippen molar-refractivity contribution in [1.82, 2.24) is 5.32 Å². The Morgan fingerprint density at radius 1 is 0.903 bits per heavy atom. The first-order chi connectivity index (χ1) is 15.0. The Labute approximate surface area is 182 Å². The Kier molecular flexibility index (Phi) is 5.82. The van der Waals surface area contributed by atoms with E-state index < -0.39 is 17.5 Å². The first-order valence-electron chi connectivity index (χ1n) is 9.38. The number of carbonyl (C=O) groups excluding carboxylic acids is 2. The molecule has 0 unspecified atom stereocenters. The fourth-order valence-electron chi connectivity index (χ4n) is 2.98. The summed E-state index contributed by atoms with van der Waals surface area (Å²) in [5, 5.41) is 3.49. The van der Waals surface area contributed by atoms with Gasteiger partial charge in [-0.2, -0.15) is 0 Å². The number of esters is 1. The molecule has 0 aliphatic carbocycles. The van der Waals surface area contributed by atoms with Crippen molar-refractivity contribution in [3.05, 3.63) is 111 Å². The number of carbonyl (C=O) groups is 2. The van der Waals surface area contributed by atoms with Gasteiger partial charge in [-0.1, -0.05) is 54.1 Å². The number of hydrogen-bond donors (Lipinski definition) is 1. The third kappa shape index (κ3) is 4.65. The summed E-state index contributed by atoms with van der Waals surface area (Å²) in [5.41, 5.74) is 0.424. The zero-order valence-corrected chi connectivity index (χ0v) is 16.9. The SMILES string of the molecule is O=C(Oc1ccc2cc(C(=O)NCc3ccccc3)c(=O)oc2c1)c1ccccc1Cl. The topological polar surface area (TPSA) is 85.6 Å². The highest BCUT2D eigenvalue weighted by Crippen LogP contribution is 2.23. The Morgan fingerprint density at radius 3 is 2.42 bits per heavy atom. The van der Waals surface area contributed by atoms with E-state index in [4.69, 9.17) is 20.8 Å². The smallest absolute Gasteiger partial charge is 0.349 e. The van der Waals surface area contributed by atoms with Crippen LogP contribution >= 0.6 is 11.6 Å². The molecular weight excluding hydrogens is 418 g/mol. The quantitative estimate of drug-likeness (QED) is 0.282. The number of benzene rings is 3. The molecule has 0 radical (unpaired) electrons. The van der Waals surface area contributed by atoms with Crippen LogP contribution in [0.5, 0.6) is 5.75 Å². The molecule has 1 amide bonds. The molecule has 154 valence electrons. The largest absolute Gasteiger partial charge is 0.423 e. The fourth-order valence-corrected chi connectivity index (χ4v) is 3.19. The molecule has 0 aliphatic heterocycles. The van der Waals surface area contributed by atoms with Gasteiger partial charge in [0.1, 0.15) is 16.9 Å². The summed E-state index contributed by atoms with van der Waals surface area (Å²) in [5.74, 6) is -0.986. The average Bonchev–Trinajstić information content (AvgIpc) is 2.78. The third-order valence-corrected chi connectivity index (χ3v) is 4.88. The van der Waals surface area contributed by atoms with Crippen molar-refractivity contribution in [2.45, 2.75) is 6.54 Å². The molecule has 0 bridgehead atoms. The Balaban J connectivity index is 1.53. The zero-order chi connectivity index (χ0) is 21.8. The molecule has 0 atom stereocenters. The van der Waals surface area contributed by atoms with Gasteiger partial charge in [0.2, 0.25) is 0 Å². The number of hydrogen-bond acceptors (Lipinski definition) is 5. The molecule has 1 N–H and O–H groups in total. The van der Waals surface area contributed by atoms with Crippen molar-refractivity contribution in [3.63, 3.8) is 0 Å². The van der Waals surface area contributed by atoms with Crippen LogP contribution in [0.15, 0.2) is 88.1 Å². The molecule has 6 nitrogen and oxygen atoms in total. The van der Waals surface area contributed by atoms with Crippen LogP contribution in [0.1, 0.15) is 26.3 Å². The lowest BCUT2D eigenvalue weighted by molar-refractivity contribution is 0.0735. The van der Waals surface area contributed by atoms with Crippen molar-refractivity contribution < 1.29 is 18.7 Å². The molecule has 0 fully saturated rings. The second-order valence-electron chi connectivity index (χ2n) is 6.68.